The molecule has 164 valence electrons. The third-order valence-electron chi connectivity index (χ3n) is 5.20. The molecule has 8 nitrogen and oxygen atoms in total. The van der Waals surface area contributed by atoms with Gasteiger partial charge in [-0.25, -0.2) is 9.45 Å². The van der Waals surface area contributed by atoms with Gasteiger partial charge in [0, 0.05) is 38.9 Å². The third kappa shape index (κ3) is 5.50. The van der Waals surface area contributed by atoms with Crippen molar-refractivity contribution >= 4 is 5.91 Å². The number of hydrogen-bond acceptors (Lipinski definition) is 6. The molecule has 1 aliphatic heterocycles. The molecule has 1 aliphatic rings. The Labute approximate surface area is 175 Å². The van der Waals surface area contributed by atoms with Gasteiger partial charge in [0.1, 0.15) is 11.4 Å². The monoisotopic (exact) mass is 421 g/mol. The maximum Gasteiger partial charge on any atom is 0.282 e. The van der Waals surface area contributed by atoms with Gasteiger partial charge in [0.25, 0.3) is 5.91 Å². The highest BCUT2D eigenvalue weighted by atomic mass is 19.1. The van der Waals surface area contributed by atoms with E-state index in [1.54, 1.807) is 12.1 Å². The zero-order valence-electron chi connectivity index (χ0n) is 17.1. The van der Waals surface area contributed by atoms with Crippen molar-refractivity contribution in [2.24, 2.45) is 0 Å². The minimum atomic E-state index is -0.533. The lowest BCUT2D eigenvalue weighted by Crippen LogP contribution is -2.38. The molecule has 2 heterocycles. The van der Waals surface area contributed by atoms with Crippen LogP contribution in [0.4, 0.5) is 4.39 Å². The average Bonchev–Trinajstić information content (AvgIpc) is 3.05. The van der Waals surface area contributed by atoms with Crippen LogP contribution in [0.2, 0.25) is 0 Å². The van der Waals surface area contributed by atoms with Crippen LogP contribution in [-0.2, 0) is 22.5 Å². The van der Waals surface area contributed by atoms with Gasteiger partial charge >= 0.3 is 0 Å². The third-order valence-corrected chi connectivity index (χ3v) is 5.20. The number of carbonyl (C=O) groups excluding carboxylic acids is 1. The molecule has 0 radical (unpaired) electrons. The van der Waals surface area contributed by atoms with E-state index in [2.05, 4.69) is 4.90 Å². The Hall–Kier alpha value is -2.62. The molecular weight excluding hydrogens is 393 g/mol. The number of nitrogens with zero attached hydrogens (tertiary/aromatic N) is 3. The number of morpholine rings is 1. The van der Waals surface area contributed by atoms with Crippen LogP contribution in [-0.4, -0.2) is 77.2 Å². The SMILES string of the molecule is CON(CCCc1ccc(F)cc1)C(=O)c1cn(CCN2CCOCC2)c(O)c1O. The average molecular weight is 421 g/mol. The molecule has 0 aliphatic carbocycles. The molecule has 3 rings (SSSR count). The van der Waals surface area contributed by atoms with Crippen molar-refractivity contribution in [3.8, 4) is 11.6 Å². The Morgan fingerprint density at radius 1 is 1.20 bits per heavy atom. The summed E-state index contributed by atoms with van der Waals surface area (Å²) in [5.41, 5.74) is 0.938. The van der Waals surface area contributed by atoms with Crippen molar-refractivity contribution < 1.29 is 29.0 Å². The molecule has 1 saturated heterocycles. The lowest BCUT2D eigenvalue weighted by atomic mass is 10.1. The minimum absolute atomic E-state index is 0.0156. The number of ether oxygens (including phenoxy) is 1. The Bertz CT molecular complexity index is 834. The van der Waals surface area contributed by atoms with E-state index in [0.717, 1.165) is 23.7 Å². The molecule has 2 aromatic rings. The summed E-state index contributed by atoms with van der Waals surface area (Å²) in [6, 6.07) is 6.20. The van der Waals surface area contributed by atoms with E-state index in [1.807, 2.05) is 0 Å². The summed E-state index contributed by atoms with van der Waals surface area (Å²) in [6.45, 7) is 4.36. The second-order valence-corrected chi connectivity index (χ2v) is 7.18. The van der Waals surface area contributed by atoms with Crippen LogP contribution in [0.15, 0.2) is 30.5 Å². The summed E-state index contributed by atoms with van der Waals surface area (Å²) in [4.78, 5) is 20.2. The summed E-state index contributed by atoms with van der Waals surface area (Å²) < 4.78 is 19.8. The molecule has 0 atom stereocenters. The number of rotatable bonds is 9. The Morgan fingerprint density at radius 3 is 2.57 bits per heavy atom. The Morgan fingerprint density at radius 2 is 1.90 bits per heavy atom. The van der Waals surface area contributed by atoms with E-state index >= 15 is 0 Å². The van der Waals surface area contributed by atoms with Crippen molar-refractivity contribution in [2.45, 2.75) is 19.4 Å². The van der Waals surface area contributed by atoms with E-state index in [0.29, 0.717) is 39.1 Å². The first kappa shape index (κ1) is 22.1. The molecule has 1 aromatic carbocycles. The fourth-order valence-electron chi connectivity index (χ4n) is 3.42. The smallest absolute Gasteiger partial charge is 0.282 e. The number of halogens is 1. The molecule has 1 amide bonds. The number of hydroxylamine groups is 2. The molecule has 1 aromatic heterocycles. The molecule has 30 heavy (non-hydrogen) atoms. The van der Waals surface area contributed by atoms with E-state index < -0.39 is 11.7 Å². The zero-order valence-corrected chi connectivity index (χ0v) is 17.1. The molecule has 1 fully saturated rings. The van der Waals surface area contributed by atoms with E-state index in [1.165, 1.54) is 30.0 Å². The quantitative estimate of drug-likeness (QED) is 0.603. The summed E-state index contributed by atoms with van der Waals surface area (Å²) in [5.74, 6) is -1.62. The maximum atomic E-state index is 13.0. The second-order valence-electron chi connectivity index (χ2n) is 7.18. The summed E-state index contributed by atoms with van der Waals surface area (Å²) >= 11 is 0. The van der Waals surface area contributed by atoms with Crippen LogP contribution in [0.1, 0.15) is 22.3 Å². The van der Waals surface area contributed by atoms with E-state index in [9.17, 15) is 19.4 Å². The molecular formula is C21H28FN3O5. The Balaban J connectivity index is 1.58. The first-order valence-corrected chi connectivity index (χ1v) is 10.0. The standard InChI is InChI=1S/C21H28FN3O5/c1-29-25(8-2-3-16-4-6-17(22)7-5-16)20(27)18-15-24(21(28)19(18)26)10-9-23-11-13-30-14-12-23/h4-7,15,26,28H,2-3,8-14H2,1H3. The number of benzene rings is 1. The Kier molecular flexibility index (Phi) is 7.67. The fourth-order valence-corrected chi connectivity index (χ4v) is 3.42. The van der Waals surface area contributed by atoms with Crippen molar-refractivity contribution in [1.29, 1.82) is 0 Å². The number of aromatic nitrogens is 1. The summed E-state index contributed by atoms with van der Waals surface area (Å²) in [7, 11) is 1.38. The topological polar surface area (TPSA) is 87.4 Å². The van der Waals surface area contributed by atoms with Crippen molar-refractivity contribution in [1.82, 2.24) is 14.5 Å². The van der Waals surface area contributed by atoms with E-state index in [4.69, 9.17) is 9.57 Å². The first-order valence-electron chi connectivity index (χ1n) is 10.0. The maximum absolute atomic E-state index is 13.0. The largest absolute Gasteiger partial charge is 0.503 e. The molecule has 2 N–H and O–H groups in total. The van der Waals surface area contributed by atoms with Gasteiger partial charge in [-0.2, -0.15) is 0 Å². The highest BCUT2D eigenvalue weighted by molar-refractivity contribution is 5.97. The van der Waals surface area contributed by atoms with Gasteiger partial charge in [-0.1, -0.05) is 12.1 Å². The van der Waals surface area contributed by atoms with Crippen LogP contribution < -0.4 is 0 Å². The van der Waals surface area contributed by atoms with Crippen molar-refractivity contribution in [2.75, 3.05) is 46.5 Å². The first-order chi connectivity index (χ1) is 14.5. The van der Waals surface area contributed by atoms with Crippen LogP contribution in [0, 0.1) is 5.82 Å². The molecule has 0 saturated carbocycles. The summed E-state index contributed by atoms with van der Waals surface area (Å²) in [5, 5.41) is 21.6. The van der Waals surface area contributed by atoms with Gasteiger partial charge in [0.2, 0.25) is 5.88 Å². The molecule has 0 spiro atoms. The lowest BCUT2D eigenvalue weighted by Gasteiger charge is -2.26. The van der Waals surface area contributed by atoms with Crippen molar-refractivity contribution in [3.63, 3.8) is 0 Å². The minimum Gasteiger partial charge on any atom is -0.503 e. The van der Waals surface area contributed by atoms with Crippen LogP contribution >= 0.6 is 0 Å². The zero-order chi connectivity index (χ0) is 21.5. The fraction of sp³-hybridized carbons (Fsp3) is 0.476. The number of aryl methyl sites for hydroxylation is 1. The normalized spacial score (nSPS) is 14.7. The highest BCUT2D eigenvalue weighted by Crippen LogP contribution is 2.32. The highest BCUT2D eigenvalue weighted by Gasteiger charge is 2.25. The lowest BCUT2D eigenvalue weighted by molar-refractivity contribution is -0.0955. The number of carbonyl (C=O) groups is 1. The van der Waals surface area contributed by atoms with Gasteiger partial charge in [-0.3, -0.25) is 14.5 Å². The second kappa shape index (κ2) is 10.4. The predicted octanol–water partition coefficient (Wildman–Crippen LogP) is 2.01. The van der Waals surface area contributed by atoms with Crippen molar-refractivity contribution in [3.05, 3.63) is 47.4 Å². The van der Waals surface area contributed by atoms with Gasteiger partial charge in [-0.15, -0.1) is 0 Å². The van der Waals surface area contributed by atoms with Gasteiger partial charge in [0.15, 0.2) is 5.75 Å². The van der Waals surface area contributed by atoms with Gasteiger partial charge in [0.05, 0.1) is 20.3 Å². The molecule has 0 unspecified atom stereocenters. The molecule has 0 bridgehead atoms. The van der Waals surface area contributed by atoms with Crippen LogP contribution in [0.3, 0.4) is 0 Å². The molecule has 9 heteroatoms. The van der Waals surface area contributed by atoms with E-state index in [-0.39, 0.29) is 23.8 Å². The number of aromatic hydroxyl groups is 2. The van der Waals surface area contributed by atoms with Gasteiger partial charge in [-0.05, 0) is 30.5 Å². The van der Waals surface area contributed by atoms with Crippen LogP contribution in [0.25, 0.3) is 0 Å². The number of amides is 1. The van der Waals surface area contributed by atoms with Gasteiger partial charge < -0.3 is 19.5 Å². The summed E-state index contributed by atoms with van der Waals surface area (Å²) in [6.07, 6.45) is 2.68. The predicted molar refractivity (Wildman–Crippen MR) is 108 cm³/mol. The van der Waals surface area contributed by atoms with Crippen LogP contribution in [0.5, 0.6) is 11.6 Å². The number of hydrogen-bond donors (Lipinski definition) is 2.